The van der Waals surface area contributed by atoms with Crippen molar-refractivity contribution in [3.05, 3.63) is 53.7 Å². The lowest BCUT2D eigenvalue weighted by molar-refractivity contribution is 0.0146. The maximum Gasteiger partial charge on any atom is 0.211 e. The van der Waals surface area contributed by atoms with E-state index in [1.165, 1.54) is 21.7 Å². The van der Waals surface area contributed by atoms with Crippen molar-refractivity contribution in [1.29, 1.82) is 0 Å². The van der Waals surface area contributed by atoms with Gasteiger partial charge >= 0.3 is 0 Å². The molecule has 2 aliphatic rings. The van der Waals surface area contributed by atoms with Gasteiger partial charge in [-0.15, -0.1) is 0 Å². The Morgan fingerprint density at radius 1 is 1.06 bits per heavy atom. The van der Waals surface area contributed by atoms with Crippen LogP contribution in [0.2, 0.25) is 0 Å². The Hall–Kier alpha value is -2.16. The molecule has 0 amide bonds. The van der Waals surface area contributed by atoms with Crippen molar-refractivity contribution < 1.29 is 13.2 Å². The summed E-state index contributed by atoms with van der Waals surface area (Å²) in [6.07, 6.45) is 3.17. The molecular weight excluding hydrogens is 412 g/mol. The van der Waals surface area contributed by atoms with Crippen molar-refractivity contribution in [2.24, 2.45) is 0 Å². The summed E-state index contributed by atoms with van der Waals surface area (Å²) in [5.41, 5.74) is 2.70. The number of piperazine rings is 1. The number of aromatic nitrogens is 1. The Morgan fingerprint density at radius 2 is 1.74 bits per heavy atom. The molecular formula is C23H32N4O3S. The summed E-state index contributed by atoms with van der Waals surface area (Å²) in [6, 6.07) is 12.7. The molecule has 168 valence electrons. The highest BCUT2D eigenvalue weighted by atomic mass is 32.2. The number of likely N-dealkylation sites (tertiary alicyclic amines) is 1. The first-order valence-corrected chi connectivity index (χ1v) is 12.8. The number of hydrogen-bond donors (Lipinski definition) is 0. The quantitative estimate of drug-likeness (QED) is 0.654. The largest absolute Gasteiger partial charge is 0.484 e. The van der Waals surface area contributed by atoms with E-state index in [4.69, 9.17) is 4.74 Å². The number of anilines is 1. The molecule has 0 spiro atoms. The Morgan fingerprint density at radius 3 is 2.35 bits per heavy atom. The minimum absolute atomic E-state index is 0.148. The monoisotopic (exact) mass is 444 g/mol. The van der Waals surface area contributed by atoms with Crippen LogP contribution in [0.1, 0.15) is 30.9 Å². The van der Waals surface area contributed by atoms with E-state index >= 15 is 0 Å². The Labute approximate surface area is 185 Å². The number of rotatable bonds is 7. The van der Waals surface area contributed by atoms with E-state index in [0.29, 0.717) is 32.1 Å². The van der Waals surface area contributed by atoms with Crippen molar-refractivity contribution in [3.8, 4) is 5.75 Å². The van der Waals surface area contributed by atoms with Crippen LogP contribution in [0, 0.1) is 0 Å². The molecule has 4 rings (SSSR count). The summed E-state index contributed by atoms with van der Waals surface area (Å²) >= 11 is 0. The fourth-order valence-corrected chi connectivity index (χ4v) is 4.94. The molecule has 0 N–H and O–H groups in total. The molecule has 1 aromatic heterocycles. The summed E-state index contributed by atoms with van der Waals surface area (Å²) in [5, 5.41) is 0. The van der Waals surface area contributed by atoms with E-state index in [2.05, 4.69) is 52.9 Å². The molecule has 8 heteroatoms. The summed E-state index contributed by atoms with van der Waals surface area (Å²) in [4.78, 5) is 9.03. The Balaban J connectivity index is 1.30. The van der Waals surface area contributed by atoms with Crippen LogP contribution in [0.15, 0.2) is 42.6 Å². The SMILES string of the molecule is CC(C)c1ccc(CN2CC(Oc3cccnc3N3CCN(S(C)(=O)=O)CC3)C2)cc1. The first-order chi connectivity index (χ1) is 14.8. The van der Waals surface area contributed by atoms with Crippen molar-refractivity contribution in [2.45, 2.75) is 32.4 Å². The third-order valence-corrected chi connectivity index (χ3v) is 7.33. The number of pyridine rings is 1. The van der Waals surface area contributed by atoms with Gasteiger partial charge in [-0.2, -0.15) is 4.31 Å². The van der Waals surface area contributed by atoms with Crippen molar-refractivity contribution in [1.82, 2.24) is 14.2 Å². The van der Waals surface area contributed by atoms with Crippen molar-refractivity contribution >= 4 is 15.8 Å². The van der Waals surface area contributed by atoms with Gasteiger partial charge in [0, 0.05) is 52.0 Å². The molecule has 0 aliphatic carbocycles. The second kappa shape index (κ2) is 9.14. The Bertz CT molecular complexity index is 980. The fraction of sp³-hybridized carbons (Fsp3) is 0.522. The number of ether oxygens (including phenoxy) is 1. The van der Waals surface area contributed by atoms with Gasteiger partial charge in [-0.25, -0.2) is 13.4 Å². The predicted octanol–water partition coefficient (Wildman–Crippen LogP) is 2.55. The summed E-state index contributed by atoms with van der Waals surface area (Å²) in [7, 11) is -3.14. The van der Waals surface area contributed by atoms with Crippen LogP contribution in [-0.4, -0.2) is 74.2 Å². The first kappa shape index (κ1) is 22.0. The molecule has 31 heavy (non-hydrogen) atoms. The van der Waals surface area contributed by atoms with Crippen molar-refractivity contribution in [2.75, 3.05) is 50.4 Å². The van der Waals surface area contributed by atoms with Gasteiger partial charge in [0.05, 0.1) is 6.26 Å². The highest BCUT2D eigenvalue weighted by molar-refractivity contribution is 7.88. The smallest absolute Gasteiger partial charge is 0.211 e. The van der Waals surface area contributed by atoms with Crippen LogP contribution in [-0.2, 0) is 16.6 Å². The number of nitrogens with zero attached hydrogens (tertiary/aromatic N) is 4. The van der Waals surface area contributed by atoms with Crippen LogP contribution in [0.3, 0.4) is 0 Å². The normalized spacial score (nSPS) is 18.9. The highest BCUT2D eigenvalue weighted by Gasteiger charge is 2.31. The van der Waals surface area contributed by atoms with Gasteiger partial charge in [0.25, 0.3) is 0 Å². The van der Waals surface area contributed by atoms with Gasteiger partial charge in [-0.3, -0.25) is 4.90 Å². The first-order valence-electron chi connectivity index (χ1n) is 10.9. The van der Waals surface area contributed by atoms with Gasteiger partial charge in [-0.05, 0) is 29.2 Å². The molecule has 0 unspecified atom stereocenters. The lowest BCUT2D eigenvalue weighted by atomic mass is 10.0. The van der Waals surface area contributed by atoms with Crippen LogP contribution >= 0.6 is 0 Å². The fourth-order valence-electron chi connectivity index (χ4n) is 4.12. The van der Waals surface area contributed by atoms with Gasteiger partial charge in [0.1, 0.15) is 6.10 Å². The van der Waals surface area contributed by atoms with E-state index < -0.39 is 10.0 Å². The molecule has 0 saturated carbocycles. The van der Waals surface area contributed by atoms with Gasteiger partial charge in [0.15, 0.2) is 11.6 Å². The zero-order valence-electron chi connectivity index (χ0n) is 18.6. The minimum atomic E-state index is -3.14. The van der Waals surface area contributed by atoms with E-state index in [9.17, 15) is 8.42 Å². The number of sulfonamides is 1. The average Bonchev–Trinajstić information content (AvgIpc) is 2.72. The van der Waals surface area contributed by atoms with Crippen molar-refractivity contribution in [3.63, 3.8) is 0 Å². The van der Waals surface area contributed by atoms with Gasteiger partial charge in [0.2, 0.25) is 10.0 Å². The minimum Gasteiger partial charge on any atom is -0.484 e. The topological polar surface area (TPSA) is 66.0 Å². The van der Waals surface area contributed by atoms with Gasteiger partial charge < -0.3 is 9.64 Å². The lowest BCUT2D eigenvalue weighted by Gasteiger charge is -2.40. The lowest BCUT2D eigenvalue weighted by Crippen LogP contribution is -2.53. The second-order valence-electron chi connectivity index (χ2n) is 8.80. The zero-order valence-corrected chi connectivity index (χ0v) is 19.4. The standard InChI is InChI=1S/C23H32N4O3S/c1-18(2)20-8-6-19(7-9-20)15-25-16-21(17-25)30-22-5-4-10-24-23(22)26-11-13-27(14-12-26)31(3,28)29/h4-10,18,21H,11-17H2,1-3H3. The van der Waals surface area contributed by atoms with Crippen LogP contribution in [0.4, 0.5) is 5.82 Å². The molecule has 2 aliphatic heterocycles. The molecule has 2 saturated heterocycles. The number of benzene rings is 1. The molecule has 2 fully saturated rings. The van der Waals surface area contributed by atoms with E-state index in [-0.39, 0.29) is 6.10 Å². The average molecular weight is 445 g/mol. The van der Waals surface area contributed by atoms with E-state index in [1.807, 2.05) is 12.1 Å². The van der Waals surface area contributed by atoms with Crippen LogP contribution in [0.25, 0.3) is 0 Å². The third-order valence-electron chi connectivity index (χ3n) is 6.03. The molecule has 2 aromatic rings. The highest BCUT2D eigenvalue weighted by Crippen LogP contribution is 2.29. The summed E-state index contributed by atoms with van der Waals surface area (Å²) in [6.45, 7) is 9.32. The molecule has 1 aromatic carbocycles. The van der Waals surface area contributed by atoms with Crippen LogP contribution in [0.5, 0.6) is 5.75 Å². The molecule has 3 heterocycles. The summed E-state index contributed by atoms with van der Waals surface area (Å²) < 4.78 is 31.3. The molecule has 0 bridgehead atoms. The zero-order chi connectivity index (χ0) is 22.0. The van der Waals surface area contributed by atoms with Gasteiger partial charge in [-0.1, -0.05) is 38.1 Å². The third kappa shape index (κ3) is 5.37. The number of hydrogen-bond acceptors (Lipinski definition) is 6. The summed E-state index contributed by atoms with van der Waals surface area (Å²) in [5.74, 6) is 2.14. The van der Waals surface area contributed by atoms with E-state index in [0.717, 1.165) is 31.2 Å². The molecule has 0 radical (unpaired) electrons. The van der Waals surface area contributed by atoms with E-state index in [1.54, 1.807) is 6.20 Å². The Kier molecular flexibility index (Phi) is 6.50. The second-order valence-corrected chi connectivity index (χ2v) is 10.8. The molecule has 0 atom stereocenters. The maximum atomic E-state index is 11.8. The maximum absolute atomic E-state index is 11.8. The van der Waals surface area contributed by atoms with Crippen LogP contribution < -0.4 is 9.64 Å². The predicted molar refractivity (Wildman–Crippen MR) is 123 cm³/mol. The molecule has 7 nitrogen and oxygen atoms in total.